The molecule has 2 aromatic carbocycles. The Kier molecular flexibility index (Phi) is 5.40. The molecule has 140 valence electrons. The summed E-state index contributed by atoms with van der Waals surface area (Å²) >= 11 is 0. The summed E-state index contributed by atoms with van der Waals surface area (Å²) in [6, 6.07) is 12.1. The van der Waals surface area contributed by atoms with Crippen LogP contribution in [0.3, 0.4) is 0 Å². The van der Waals surface area contributed by atoms with E-state index in [1.165, 1.54) is 11.0 Å². The highest BCUT2D eigenvalue weighted by Crippen LogP contribution is 2.40. The molecule has 1 saturated heterocycles. The van der Waals surface area contributed by atoms with Crippen molar-refractivity contribution in [3.8, 4) is 0 Å². The molecule has 1 fully saturated rings. The van der Waals surface area contributed by atoms with Crippen LogP contribution >= 0.6 is 0 Å². The first-order valence-corrected chi connectivity index (χ1v) is 9.05. The van der Waals surface area contributed by atoms with Gasteiger partial charge in [0.25, 0.3) is 11.7 Å². The van der Waals surface area contributed by atoms with Crippen LogP contribution in [0.4, 0.5) is 4.39 Å². The first-order chi connectivity index (χ1) is 13.0. The Hall–Kier alpha value is -2.95. The molecule has 0 aromatic heterocycles. The summed E-state index contributed by atoms with van der Waals surface area (Å²) in [4.78, 5) is 26.7. The van der Waals surface area contributed by atoms with E-state index in [1.54, 1.807) is 42.5 Å². The number of aliphatic hydroxyl groups is 1. The average Bonchev–Trinajstić information content (AvgIpc) is 2.91. The first kappa shape index (κ1) is 18.8. The number of aryl methyl sites for hydroxylation is 1. The molecular weight excluding hydrogens is 345 g/mol. The van der Waals surface area contributed by atoms with Gasteiger partial charge in [-0.3, -0.25) is 9.59 Å². The van der Waals surface area contributed by atoms with Crippen molar-refractivity contribution in [1.82, 2.24) is 4.90 Å². The summed E-state index contributed by atoms with van der Waals surface area (Å²) in [6.07, 6.45) is 1.51. The van der Waals surface area contributed by atoms with Crippen LogP contribution in [0.25, 0.3) is 5.76 Å². The van der Waals surface area contributed by atoms with Gasteiger partial charge >= 0.3 is 0 Å². The van der Waals surface area contributed by atoms with Crippen molar-refractivity contribution in [2.24, 2.45) is 0 Å². The van der Waals surface area contributed by atoms with E-state index < -0.39 is 23.5 Å². The van der Waals surface area contributed by atoms with Gasteiger partial charge in [0.15, 0.2) is 0 Å². The monoisotopic (exact) mass is 367 g/mol. The fraction of sp³-hybridized carbons (Fsp3) is 0.273. The number of Topliss-reactive ketones (excluding diaryl/α,β-unsaturated/α-hetero) is 1. The number of amides is 1. The molecule has 0 saturated carbocycles. The lowest BCUT2D eigenvalue weighted by Crippen LogP contribution is -2.31. The Bertz CT molecular complexity index is 902. The minimum atomic E-state index is -0.931. The summed E-state index contributed by atoms with van der Waals surface area (Å²) in [7, 11) is 0. The van der Waals surface area contributed by atoms with Crippen molar-refractivity contribution in [3.05, 3.63) is 76.6 Å². The zero-order valence-corrected chi connectivity index (χ0v) is 15.4. The third kappa shape index (κ3) is 3.50. The van der Waals surface area contributed by atoms with E-state index >= 15 is 0 Å². The number of ketones is 1. The first-order valence-electron chi connectivity index (χ1n) is 9.05. The largest absolute Gasteiger partial charge is 0.507 e. The minimum Gasteiger partial charge on any atom is -0.507 e. The molecule has 4 nitrogen and oxygen atoms in total. The molecule has 27 heavy (non-hydrogen) atoms. The highest BCUT2D eigenvalue weighted by Gasteiger charge is 2.46. The molecule has 0 aliphatic carbocycles. The van der Waals surface area contributed by atoms with Crippen LogP contribution in [0, 0.1) is 12.7 Å². The molecule has 1 aliphatic heterocycles. The summed E-state index contributed by atoms with van der Waals surface area (Å²) in [5.41, 5.74) is 1.57. The second-order valence-electron chi connectivity index (χ2n) is 6.73. The summed E-state index contributed by atoms with van der Waals surface area (Å²) in [5.74, 6) is -2.27. The molecule has 2 aromatic rings. The van der Waals surface area contributed by atoms with E-state index in [0.29, 0.717) is 18.5 Å². The van der Waals surface area contributed by atoms with Crippen molar-refractivity contribution in [3.63, 3.8) is 0 Å². The Labute approximate surface area is 157 Å². The van der Waals surface area contributed by atoms with Crippen LogP contribution in [-0.2, 0) is 9.59 Å². The van der Waals surface area contributed by atoms with Crippen LogP contribution < -0.4 is 0 Å². The van der Waals surface area contributed by atoms with Crippen LogP contribution in [0.15, 0.2) is 54.1 Å². The number of hydrogen-bond acceptors (Lipinski definition) is 3. The number of likely N-dealkylation sites (tertiary alicyclic amines) is 1. The molecule has 1 atom stereocenters. The molecule has 1 heterocycles. The number of benzene rings is 2. The van der Waals surface area contributed by atoms with Gasteiger partial charge in [-0.15, -0.1) is 0 Å². The smallest absolute Gasteiger partial charge is 0.295 e. The maximum atomic E-state index is 14.5. The number of nitrogens with zero attached hydrogens (tertiary/aromatic N) is 1. The Morgan fingerprint density at radius 2 is 1.78 bits per heavy atom. The average molecular weight is 367 g/mol. The number of hydrogen-bond donors (Lipinski definition) is 1. The van der Waals surface area contributed by atoms with Crippen molar-refractivity contribution in [2.45, 2.75) is 32.7 Å². The predicted molar refractivity (Wildman–Crippen MR) is 101 cm³/mol. The second-order valence-corrected chi connectivity index (χ2v) is 6.73. The number of carbonyl (C=O) groups excluding carboxylic acids is 2. The molecule has 1 unspecified atom stereocenters. The van der Waals surface area contributed by atoms with Gasteiger partial charge in [-0.25, -0.2) is 4.39 Å². The van der Waals surface area contributed by atoms with Crippen LogP contribution in [0.5, 0.6) is 0 Å². The van der Waals surface area contributed by atoms with Gasteiger partial charge < -0.3 is 10.0 Å². The number of carbonyl (C=O) groups is 2. The van der Waals surface area contributed by atoms with Crippen LogP contribution in [0.1, 0.15) is 42.5 Å². The highest BCUT2D eigenvalue weighted by atomic mass is 19.1. The van der Waals surface area contributed by atoms with Crippen molar-refractivity contribution in [2.75, 3.05) is 6.54 Å². The zero-order valence-electron chi connectivity index (χ0n) is 15.4. The van der Waals surface area contributed by atoms with Crippen molar-refractivity contribution < 1.29 is 19.1 Å². The zero-order chi connectivity index (χ0) is 19.6. The van der Waals surface area contributed by atoms with Gasteiger partial charge in [-0.1, -0.05) is 61.4 Å². The van der Waals surface area contributed by atoms with E-state index in [-0.39, 0.29) is 16.9 Å². The summed E-state index contributed by atoms with van der Waals surface area (Å²) in [5, 5.41) is 10.8. The molecule has 0 bridgehead atoms. The third-order valence-corrected chi connectivity index (χ3v) is 4.82. The number of unbranched alkanes of at least 4 members (excludes halogenated alkanes) is 1. The topological polar surface area (TPSA) is 57.6 Å². The fourth-order valence-corrected chi connectivity index (χ4v) is 3.33. The van der Waals surface area contributed by atoms with Crippen LogP contribution in [-0.4, -0.2) is 28.2 Å². The SMILES string of the molecule is CCCCN1C(=O)C(=O)C(=C(O)c2ccc(C)cc2)C1c1ccccc1F. The minimum absolute atomic E-state index is 0.0648. The van der Waals surface area contributed by atoms with Crippen molar-refractivity contribution >= 4 is 17.4 Å². The molecule has 1 amide bonds. The van der Waals surface area contributed by atoms with E-state index in [2.05, 4.69) is 0 Å². The fourth-order valence-electron chi connectivity index (χ4n) is 3.33. The molecular formula is C22H22FNO3. The van der Waals surface area contributed by atoms with Gasteiger partial charge in [0, 0.05) is 17.7 Å². The van der Waals surface area contributed by atoms with Gasteiger partial charge in [-0.2, -0.15) is 0 Å². The second kappa shape index (κ2) is 7.74. The third-order valence-electron chi connectivity index (χ3n) is 4.82. The van der Waals surface area contributed by atoms with Gasteiger partial charge in [0.2, 0.25) is 0 Å². The molecule has 3 rings (SSSR count). The molecule has 0 spiro atoms. The maximum absolute atomic E-state index is 14.5. The van der Waals surface area contributed by atoms with Crippen molar-refractivity contribution in [1.29, 1.82) is 0 Å². The molecule has 5 heteroatoms. The molecule has 0 radical (unpaired) electrons. The Balaban J connectivity index is 2.18. The van der Waals surface area contributed by atoms with Crippen LogP contribution in [0.2, 0.25) is 0 Å². The molecule has 1 aliphatic rings. The van der Waals surface area contributed by atoms with Gasteiger partial charge in [0.1, 0.15) is 11.6 Å². The number of halogens is 1. The standard InChI is InChI=1S/C22H22FNO3/c1-3-4-13-24-19(16-7-5-6-8-17(16)23)18(21(26)22(24)27)20(25)15-11-9-14(2)10-12-15/h5-12,19,25H,3-4,13H2,1-2H3. The van der Waals surface area contributed by atoms with Gasteiger partial charge in [0.05, 0.1) is 11.6 Å². The normalized spacial score (nSPS) is 18.9. The number of rotatable bonds is 5. The van der Waals surface area contributed by atoms with E-state index in [1.807, 2.05) is 13.8 Å². The predicted octanol–water partition coefficient (Wildman–Crippen LogP) is 4.36. The number of aliphatic hydroxyl groups excluding tert-OH is 1. The van der Waals surface area contributed by atoms with E-state index in [0.717, 1.165) is 12.0 Å². The quantitative estimate of drug-likeness (QED) is 0.485. The van der Waals surface area contributed by atoms with E-state index in [9.17, 15) is 19.1 Å². The lowest BCUT2D eigenvalue weighted by Gasteiger charge is -2.25. The highest BCUT2D eigenvalue weighted by molar-refractivity contribution is 6.46. The lowest BCUT2D eigenvalue weighted by molar-refractivity contribution is -0.139. The maximum Gasteiger partial charge on any atom is 0.295 e. The Morgan fingerprint density at radius 3 is 2.41 bits per heavy atom. The molecule has 1 N–H and O–H groups in total. The van der Waals surface area contributed by atoms with Gasteiger partial charge in [-0.05, 0) is 19.4 Å². The van der Waals surface area contributed by atoms with E-state index in [4.69, 9.17) is 0 Å². The lowest BCUT2D eigenvalue weighted by atomic mass is 9.94. The summed E-state index contributed by atoms with van der Waals surface area (Å²) in [6.45, 7) is 4.21. The summed E-state index contributed by atoms with van der Waals surface area (Å²) < 4.78 is 14.5. The Morgan fingerprint density at radius 1 is 1.11 bits per heavy atom.